The maximum atomic E-state index is 11.1. The molecule has 5 radical (unpaired) electrons. The average Bonchev–Trinajstić information content (AvgIpc) is 3.47. The fourth-order valence-electron chi connectivity index (χ4n) is 4.12. The van der Waals surface area contributed by atoms with E-state index in [2.05, 4.69) is 20.4 Å². The van der Waals surface area contributed by atoms with Crippen molar-refractivity contribution < 1.29 is 30.6 Å². The van der Waals surface area contributed by atoms with Crippen molar-refractivity contribution in [3.63, 3.8) is 0 Å². The zero-order valence-corrected chi connectivity index (χ0v) is 19.7. The maximum absolute atomic E-state index is 11.1. The van der Waals surface area contributed by atoms with Crippen LogP contribution in [0.3, 0.4) is 0 Å². The van der Waals surface area contributed by atoms with E-state index >= 15 is 0 Å². The fraction of sp³-hybridized carbons (Fsp3) is 0. The molecule has 12 nitrogen and oxygen atoms in total. The number of phenols is 6. The second-order valence-electron chi connectivity index (χ2n) is 8.74. The van der Waals surface area contributed by atoms with Gasteiger partial charge in [0.25, 0.3) is 0 Å². The van der Waals surface area contributed by atoms with Gasteiger partial charge in [-0.15, -0.1) is 30.0 Å². The normalized spacial score (nSPS) is 11.4. The lowest BCUT2D eigenvalue weighted by atomic mass is 9.61. The largest absolute Gasteiger partial charge is 0.506 e. The molecule has 0 aliphatic rings. The van der Waals surface area contributed by atoms with Crippen LogP contribution in [0.1, 0.15) is 0 Å². The lowest BCUT2D eigenvalue weighted by Crippen LogP contribution is -2.33. The van der Waals surface area contributed by atoms with Gasteiger partial charge in [-0.3, -0.25) is 0 Å². The number of hydrogen-bond donors (Lipinski definition) is 6. The van der Waals surface area contributed by atoms with E-state index in [4.69, 9.17) is 15.7 Å². The van der Waals surface area contributed by atoms with Gasteiger partial charge in [-0.25, -0.2) is 0 Å². The molecular formula is C24H14B3N6O6. The quantitative estimate of drug-likeness (QED) is 0.121. The molecule has 0 aliphatic heterocycles. The topological polar surface area (TPSA) is 183 Å². The summed E-state index contributed by atoms with van der Waals surface area (Å²) in [5, 5.41) is 78.1. The second kappa shape index (κ2) is 8.62. The van der Waals surface area contributed by atoms with E-state index in [0.29, 0.717) is 0 Å². The summed E-state index contributed by atoms with van der Waals surface area (Å²) in [7, 11) is 13.6. The lowest BCUT2D eigenvalue weighted by molar-refractivity contribution is 0.405. The van der Waals surface area contributed by atoms with E-state index in [1.54, 1.807) is 0 Å². The number of hydrogen-bond acceptors (Lipinski definition) is 10. The number of aromatic nitrogens is 6. The molecule has 6 aromatic rings. The van der Waals surface area contributed by atoms with Crippen molar-refractivity contribution in [2.45, 2.75) is 0 Å². The van der Waals surface area contributed by atoms with Gasteiger partial charge in [0, 0.05) is 24.3 Å². The van der Waals surface area contributed by atoms with Crippen LogP contribution in [0.2, 0.25) is 0 Å². The molecule has 2 heterocycles. The summed E-state index contributed by atoms with van der Waals surface area (Å²) in [6.45, 7) is 0. The number of phenolic OH excluding ortho intramolecular Hbond substituents is 6. The predicted octanol–water partition coefficient (Wildman–Crippen LogP) is -1.37. The smallest absolute Gasteiger partial charge is 0.201 e. The monoisotopic (exact) mass is 515 g/mol. The Bertz CT molecular complexity index is 1740. The van der Waals surface area contributed by atoms with Crippen LogP contribution in [0.25, 0.3) is 33.4 Å². The summed E-state index contributed by atoms with van der Waals surface area (Å²) in [5.41, 5.74) is 2.10. The Hall–Kier alpha value is -5.33. The second-order valence-corrected chi connectivity index (χ2v) is 8.74. The van der Waals surface area contributed by atoms with E-state index in [1.165, 1.54) is 55.8 Å². The molecule has 4 aromatic carbocycles. The van der Waals surface area contributed by atoms with Gasteiger partial charge >= 0.3 is 0 Å². The van der Waals surface area contributed by atoms with Crippen LogP contribution in [0.15, 0.2) is 48.5 Å². The Morgan fingerprint density at radius 3 is 1.10 bits per heavy atom. The Morgan fingerprint density at radius 1 is 0.487 bits per heavy atom. The minimum Gasteiger partial charge on any atom is -0.506 e. The van der Waals surface area contributed by atoms with Gasteiger partial charge in [0.05, 0.1) is 0 Å². The number of nitrogens with zero attached hydrogens (tertiary/aromatic N) is 6. The van der Waals surface area contributed by atoms with E-state index in [9.17, 15) is 30.6 Å². The molecule has 15 heteroatoms. The van der Waals surface area contributed by atoms with Crippen LogP contribution in [-0.4, -0.2) is 83.6 Å². The summed E-state index contributed by atoms with van der Waals surface area (Å²) in [6, 6.07) is 10.7. The Balaban J connectivity index is 1.42. The highest BCUT2D eigenvalue weighted by atomic mass is 16.3. The number of benzene rings is 4. The van der Waals surface area contributed by atoms with E-state index < -0.39 is 0 Å². The van der Waals surface area contributed by atoms with E-state index in [-0.39, 0.29) is 89.8 Å². The third-order valence-corrected chi connectivity index (χ3v) is 5.98. The van der Waals surface area contributed by atoms with Crippen molar-refractivity contribution in [3.8, 4) is 45.9 Å². The van der Waals surface area contributed by atoms with Gasteiger partial charge in [0.1, 0.15) is 60.6 Å². The van der Waals surface area contributed by atoms with Crippen molar-refractivity contribution in [2.75, 3.05) is 0 Å². The molecule has 6 N–H and O–H groups in total. The van der Waals surface area contributed by atoms with Gasteiger partial charge in [0.2, 0.25) is 7.28 Å². The Kier molecular flexibility index (Phi) is 5.31. The first-order chi connectivity index (χ1) is 18.6. The highest BCUT2D eigenvalue weighted by molar-refractivity contribution is 6.70. The van der Waals surface area contributed by atoms with Crippen LogP contribution in [0.5, 0.6) is 34.5 Å². The van der Waals surface area contributed by atoms with Gasteiger partial charge < -0.3 is 30.6 Å². The van der Waals surface area contributed by atoms with Crippen molar-refractivity contribution in [3.05, 3.63) is 48.5 Å². The Morgan fingerprint density at radius 2 is 0.795 bits per heavy atom. The van der Waals surface area contributed by atoms with Gasteiger partial charge in [0.15, 0.2) is 23.0 Å². The standard InChI is InChI=1S/C24H14B3N6O6/c25-9-1-11(23(38)17(3-9)32-28-13-5-19(34)20(35)6-14(13)29-32)27-12-2-10(26)4-18(24(12)39)33-30-15-7-21(36)22(37)8-16(15)31-33/h1-8,34-39H. The molecule has 0 amide bonds. The van der Waals surface area contributed by atoms with Gasteiger partial charge in [-0.05, 0) is 23.1 Å². The summed E-state index contributed by atoms with van der Waals surface area (Å²) < 4.78 is 0. The first kappa shape index (κ1) is 24.0. The summed E-state index contributed by atoms with van der Waals surface area (Å²) in [5.74, 6) is -2.06. The van der Waals surface area contributed by atoms with Gasteiger partial charge in [-0.2, -0.15) is 0 Å². The molecule has 39 heavy (non-hydrogen) atoms. The molecular weight excluding hydrogens is 501 g/mol. The maximum Gasteiger partial charge on any atom is 0.201 e. The molecule has 0 fully saturated rings. The summed E-state index contributed by atoms with van der Waals surface area (Å²) in [6.07, 6.45) is 0. The van der Waals surface area contributed by atoms with Crippen molar-refractivity contribution >= 4 is 66.9 Å². The highest BCUT2D eigenvalue weighted by Gasteiger charge is 2.20. The molecule has 0 aliphatic carbocycles. The molecule has 185 valence electrons. The first-order valence-electron chi connectivity index (χ1n) is 11.3. The molecule has 0 unspecified atom stereocenters. The highest BCUT2D eigenvalue weighted by Crippen LogP contribution is 2.30. The third kappa shape index (κ3) is 4.09. The van der Waals surface area contributed by atoms with Gasteiger partial charge in [-0.1, -0.05) is 23.1 Å². The number of fused-ring (bicyclic) bond motifs is 2. The average molecular weight is 515 g/mol. The van der Waals surface area contributed by atoms with E-state index in [0.717, 1.165) is 9.59 Å². The van der Waals surface area contributed by atoms with E-state index in [1.807, 2.05) is 0 Å². The van der Waals surface area contributed by atoms with Crippen LogP contribution in [0.4, 0.5) is 0 Å². The Labute approximate surface area is 222 Å². The molecule has 2 aromatic heterocycles. The minimum atomic E-state index is -0.374. The summed E-state index contributed by atoms with van der Waals surface area (Å²) in [4.78, 5) is 2.20. The zero-order chi connectivity index (χ0) is 27.6. The molecule has 0 bridgehead atoms. The van der Waals surface area contributed by atoms with Crippen molar-refractivity contribution in [1.29, 1.82) is 0 Å². The van der Waals surface area contributed by atoms with Crippen molar-refractivity contribution in [1.82, 2.24) is 30.0 Å². The minimum absolute atomic E-state index is 0.0969. The molecule has 0 saturated heterocycles. The van der Waals surface area contributed by atoms with Crippen LogP contribution in [0, 0.1) is 0 Å². The zero-order valence-electron chi connectivity index (χ0n) is 19.7. The van der Waals surface area contributed by atoms with Crippen molar-refractivity contribution in [2.24, 2.45) is 0 Å². The summed E-state index contributed by atoms with van der Waals surface area (Å²) >= 11 is 0. The third-order valence-electron chi connectivity index (χ3n) is 5.98. The lowest BCUT2D eigenvalue weighted by Gasteiger charge is -2.14. The molecule has 0 spiro atoms. The first-order valence-corrected chi connectivity index (χ1v) is 11.3. The molecule has 0 atom stereocenters. The van der Waals surface area contributed by atoms with Crippen LogP contribution >= 0.6 is 0 Å². The van der Waals surface area contributed by atoms with Crippen LogP contribution < -0.4 is 21.9 Å². The predicted molar refractivity (Wildman–Crippen MR) is 144 cm³/mol. The molecule has 6 rings (SSSR count). The molecule has 0 saturated carbocycles. The number of rotatable bonds is 4. The SMILES string of the molecule is [B]c1cc([B]c2cc([B])cc(-n3nc4cc(O)c(O)cc4n3)c2O)c(O)c(-n2nc3cc(O)c(O)cc3n2)c1. The number of aromatic hydroxyl groups is 6. The fourth-order valence-corrected chi connectivity index (χ4v) is 4.12. The van der Waals surface area contributed by atoms with Crippen LogP contribution in [-0.2, 0) is 0 Å².